The molecule has 1 aromatic rings. The topological polar surface area (TPSA) is 73.6 Å². The van der Waals surface area contributed by atoms with E-state index in [4.69, 9.17) is 9.47 Å². The van der Waals surface area contributed by atoms with Crippen LogP contribution >= 0.6 is 0 Å². The second kappa shape index (κ2) is 6.47. The first-order valence-corrected chi connectivity index (χ1v) is 7.77. The van der Waals surface area contributed by atoms with Crippen molar-refractivity contribution in [1.29, 1.82) is 0 Å². The molecule has 0 spiro atoms. The Hall–Kier alpha value is -1.56. The number of aromatic nitrogens is 2. The van der Waals surface area contributed by atoms with E-state index in [1.165, 1.54) is 0 Å². The molecule has 0 bridgehead atoms. The fraction of sp³-hybridized carbons (Fsp3) is 0.733. The number of rotatable bonds is 5. The van der Waals surface area contributed by atoms with Gasteiger partial charge in [0, 0.05) is 19.1 Å². The summed E-state index contributed by atoms with van der Waals surface area (Å²) in [4.78, 5) is 11.5. The van der Waals surface area contributed by atoms with Crippen LogP contribution in [0.4, 0.5) is 0 Å². The van der Waals surface area contributed by atoms with Crippen LogP contribution in [0.1, 0.15) is 49.0 Å². The Morgan fingerprint density at radius 3 is 2.86 bits per heavy atom. The number of carbonyl (C=O) groups is 1. The van der Waals surface area contributed by atoms with Gasteiger partial charge in [-0.15, -0.1) is 0 Å². The fourth-order valence-electron chi connectivity index (χ4n) is 3.19. The van der Waals surface area contributed by atoms with Gasteiger partial charge in [-0.2, -0.15) is 5.10 Å². The summed E-state index contributed by atoms with van der Waals surface area (Å²) in [5, 5.41) is 13.7. The summed E-state index contributed by atoms with van der Waals surface area (Å²) < 4.78 is 12.9. The zero-order valence-corrected chi connectivity index (χ0v) is 12.2. The standard InChI is InChI=1S/C15H22N2O4/c18-15(19)14-13(21-12-5-1-2-6-12)8-16-17(14)9-11-4-3-7-20-10-11/h8,11-12H,1-7,9-10H2,(H,18,19). The van der Waals surface area contributed by atoms with Crippen molar-refractivity contribution in [2.75, 3.05) is 13.2 Å². The lowest BCUT2D eigenvalue weighted by Crippen LogP contribution is -2.24. The Bertz CT molecular complexity index is 488. The molecule has 1 N–H and O–H groups in total. The lowest BCUT2D eigenvalue weighted by molar-refractivity contribution is 0.0453. The third kappa shape index (κ3) is 3.37. The quantitative estimate of drug-likeness (QED) is 0.902. The predicted octanol–water partition coefficient (Wildman–Crippen LogP) is 2.33. The third-order valence-corrected chi connectivity index (χ3v) is 4.29. The van der Waals surface area contributed by atoms with E-state index >= 15 is 0 Å². The van der Waals surface area contributed by atoms with Gasteiger partial charge in [0.2, 0.25) is 0 Å². The maximum absolute atomic E-state index is 11.5. The van der Waals surface area contributed by atoms with E-state index < -0.39 is 5.97 Å². The van der Waals surface area contributed by atoms with Crippen LogP contribution in [0.3, 0.4) is 0 Å². The average Bonchev–Trinajstić information content (AvgIpc) is 3.11. The third-order valence-electron chi connectivity index (χ3n) is 4.29. The van der Waals surface area contributed by atoms with E-state index in [2.05, 4.69) is 5.10 Å². The zero-order chi connectivity index (χ0) is 14.7. The van der Waals surface area contributed by atoms with E-state index in [0.717, 1.165) is 45.1 Å². The minimum Gasteiger partial charge on any atom is -0.486 e. The molecule has 1 aliphatic heterocycles. The number of ether oxygens (including phenoxy) is 2. The molecule has 6 nitrogen and oxygen atoms in total. The largest absolute Gasteiger partial charge is 0.486 e. The first kappa shape index (κ1) is 14.4. The van der Waals surface area contributed by atoms with Gasteiger partial charge < -0.3 is 14.6 Å². The highest BCUT2D eigenvalue weighted by molar-refractivity contribution is 5.88. The maximum atomic E-state index is 11.5. The van der Waals surface area contributed by atoms with Crippen molar-refractivity contribution in [2.24, 2.45) is 5.92 Å². The van der Waals surface area contributed by atoms with E-state index in [1.807, 2.05) is 0 Å². The van der Waals surface area contributed by atoms with Crippen LogP contribution in [0.2, 0.25) is 0 Å². The molecule has 2 aliphatic rings. The Morgan fingerprint density at radius 2 is 2.19 bits per heavy atom. The molecular weight excluding hydrogens is 272 g/mol. The molecule has 1 saturated heterocycles. The minimum atomic E-state index is -0.975. The normalized spacial score (nSPS) is 23.3. The molecule has 0 aromatic carbocycles. The van der Waals surface area contributed by atoms with Gasteiger partial charge in [0.1, 0.15) is 0 Å². The van der Waals surface area contributed by atoms with E-state index in [1.54, 1.807) is 10.9 Å². The second-order valence-corrected chi connectivity index (χ2v) is 5.95. The minimum absolute atomic E-state index is 0.138. The summed E-state index contributed by atoms with van der Waals surface area (Å²) in [6, 6.07) is 0. The molecule has 116 valence electrons. The number of carboxylic acids is 1. The van der Waals surface area contributed by atoms with Gasteiger partial charge in [-0.25, -0.2) is 4.79 Å². The number of carboxylic acid groups (broad SMARTS) is 1. The maximum Gasteiger partial charge on any atom is 0.358 e. The molecule has 2 fully saturated rings. The molecule has 1 aromatic heterocycles. The van der Waals surface area contributed by atoms with Gasteiger partial charge in [0.05, 0.1) is 18.9 Å². The molecule has 6 heteroatoms. The van der Waals surface area contributed by atoms with Crippen LogP contribution in [-0.2, 0) is 11.3 Å². The lowest BCUT2D eigenvalue weighted by atomic mass is 10.0. The summed E-state index contributed by atoms with van der Waals surface area (Å²) in [6.07, 6.45) is 8.07. The van der Waals surface area contributed by atoms with Crippen LogP contribution in [0, 0.1) is 5.92 Å². The molecule has 3 rings (SSSR count). The number of hydrogen-bond acceptors (Lipinski definition) is 4. The van der Waals surface area contributed by atoms with E-state index in [0.29, 0.717) is 24.8 Å². The van der Waals surface area contributed by atoms with Crippen molar-refractivity contribution in [3.05, 3.63) is 11.9 Å². The molecule has 0 radical (unpaired) electrons. The molecule has 1 aliphatic carbocycles. The Balaban J connectivity index is 1.73. The summed E-state index contributed by atoms with van der Waals surface area (Å²) >= 11 is 0. The molecular formula is C15H22N2O4. The molecule has 0 amide bonds. The van der Waals surface area contributed by atoms with Gasteiger partial charge in [-0.1, -0.05) is 0 Å². The summed E-state index contributed by atoms with van der Waals surface area (Å²) in [7, 11) is 0. The first-order chi connectivity index (χ1) is 10.2. The molecule has 1 atom stereocenters. The lowest BCUT2D eigenvalue weighted by Gasteiger charge is -2.22. The predicted molar refractivity (Wildman–Crippen MR) is 75.6 cm³/mol. The molecule has 2 heterocycles. The molecule has 1 unspecified atom stereocenters. The smallest absolute Gasteiger partial charge is 0.358 e. The zero-order valence-electron chi connectivity index (χ0n) is 12.2. The monoisotopic (exact) mass is 294 g/mol. The van der Waals surface area contributed by atoms with Crippen LogP contribution in [0.5, 0.6) is 5.75 Å². The van der Waals surface area contributed by atoms with Crippen molar-refractivity contribution < 1.29 is 19.4 Å². The van der Waals surface area contributed by atoms with Crippen molar-refractivity contribution >= 4 is 5.97 Å². The van der Waals surface area contributed by atoms with Crippen LogP contribution in [-0.4, -0.2) is 40.2 Å². The number of hydrogen-bond donors (Lipinski definition) is 1. The van der Waals surface area contributed by atoms with E-state index in [9.17, 15) is 9.90 Å². The molecule has 21 heavy (non-hydrogen) atoms. The van der Waals surface area contributed by atoms with Crippen molar-refractivity contribution in [1.82, 2.24) is 9.78 Å². The van der Waals surface area contributed by atoms with Crippen LogP contribution in [0.25, 0.3) is 0 Å². The highest BCUT2D eigenvalue weighted by atomic mass is 16.5. The van der Waals surface area contributed by atoms with Crippen molar-refractivity contribution in [3.8, 4) is 5.75 Å². The SMILES string of the molecule is O=C(O)c1c(OC2CCCC2)cnn1CC1CCCOC1. The van der Waals surface area contributed by atoms with Gasteiger partial charge in [-0.05, 0) is 38.5 Å². The van der Waals surface area contributed by atoms with Crippen molar-refractivity contribution in [2.45, 2.75) is 51.2 Å². The average molecular weight is 294 g/mol. The van der Waals surface area contributed by atoms with Gasteiger partial charge in [-0.3, -0.25) is 4.68 Å². The van der Waals surface area contributed by atoms with Crippen molar-refractivity contribution in [3.63, 3.8) is 0 Å². The molecule has 1 saturated carbocycles. The Labute approximate surface area is 124 Å². The van der Waals surface area contributed by atoms with Crippen LogP contribution < -0.4 is 4.74 Å². The number of aromatic carboxylic acids is 1. The Morgan fingerprint density at radius 1 is 1.38 bits per heavy atom. The number of nitrogens with zero attached hydrogens (tertiary/aromatic N) is 2. The van der Waals surface area contributed by atoms with Gasteiger partial charge >= 0.3 is 5.97 Å². The highest BCUT2D eigenvalue weighted by Gasteiger charge is 2.25. The highest BCUT2D eigenvalue weighted by Crippen LogP contribution is 2.27. The summed E-state index contributed by atoms with van der Waals surface area (Å²) in [5.41, 5.74) is 0.174. The first-order valence-electron chi connectivity index (χ1n) is 7.77. The van der Waals surface area contributed by atoms with E-state index in [-0.39, 0.29) is 11.8 Å². The summed E-state index contributed by atoms with van der Waals surface area (Å²) in [6.45, 7) is 2.06. The van der Waals surface area contributed by atoms with Crippen LogP contribution in [0.15, 0.2) is 6.20 Å². The van der Waals surface area contributed by atoms with Gasteiger partial charge in [0.25, 0.3) is 0 Å². The van der Waals surface area contributed by atoms with Gasteiger partial charge in [0.15, 0.2) is 11.4 Å². The summed E-state index contributed by atoms with van der Waals surface area (Å²) in [5.74, 6) is -0.237. The fourth-order valence-corrected chi connectivity index (χ4v) is 3.19. The second-order valence-electron chi connectivity index (χ2n) is 5.95. The Kier molecular flexibility index (Phi) is 4.43.